The lowest BCUT2D eigenvalue weighted by Crippen LogP contribution is -2.46. The quantitative estimate of drug-likeness (QED) is 0.857. The second-order valence-electron chi connectivity index (χ2n) is 7.69. The van der Waals surface area contributed by atoms with Crippen LogP contribution in [0.15, 0.2) is 0 Å². The maximum atomic E-state index is 12.7. The molecule has 2 bridgehead atoms. The number of fused-ring (bicyclic) bond motifs is 2. The summed E-state index contributed by atoms with van der Waals surface area (Å²) < 4.78 is 0. The van der Waals surface area contributed by atoms with Crippen LogP contribution in [-0.2, 0) is 4.79 Å². The van der Waals surface area contributed by atoms with Gasteiger partial charge in [-0.15, -0.1) is 0 Å². The molecule has 4 nitrogen and oxygen atoms in total. The molecule has 120 valence electrons. The number of likely N-dealkylation sites (tertiary alicyclic amines) is 1. The van der Waals surface area contributed by atoms with Gasteiger partial charge in [-0.3, -0.25) is 4.79 Å². The molecule has 0 spiro atoms. The van der Waals surface area contributed by atoms with E-state index >= 15 is 0 Å². The van der Waals surface area contributed by atoms with Crippen LogP contribution >= 0.6 is 0 Å². The van der Waals surface area contributed by atoms with E-state index in [2.05, 4.69) is 36.0 Å². The molecule has 3 aliphatic rings. The first-order valence-electron chi connectivity index (χ1n) is 8.79. The van der Waals surface area contributed by atoms with E-state index in [0.29, 0.717) is 24.0 Å². The first kappa shape index (κ1) is 15.3. The summed E-state index contributed by atoms with van der Waals surface area (Å²) >= 11 is 0. The van der Waals surface area contributed by atoms with E-state index in [4.69, 9.17) is 0 Å². The molecular formula is C17H31N3O. The summed E-state index contributed by atoms with van der Waals surface area (Å²) in [6.45, 7) is 7.63. The van der Waals surface area contributed by atoms with Crippen molar-refractivity contribution >= 4 is 5.91 Å². The van der Waals surface area contributed by atoms with Gasteiger partial charge in [-0.25, -0.2) is 0 Å². The molecule has 0 radical (unpaired) electrons. The van der Waals surface area contributed by atoms with Crippen LogP contribution in [0.25, 0.3) is 0 Å². The average molecular weight is 293 g/mol. The van der Waals surface area contributed by atoms with Crippen molar-refractivity contribution in [1.82, 2.24) is 15.1 Å². The summed E-state index contributed by atoms with van der Waals surface area (Å²) in [6, 6.07) is 1.72. The van der Waals surface area contributed by atoms with Gasteiger partial charge in [0.2, 0.25) is 5.91 Å². The molecule has 21 heavy (non-hydrogen) atoms. The SMILES string of the molecule is CC(C)N(C)CC1CCN(C(=O)C2CC3CCC2N3)CC1. The number of nitrogens with zero attached hydrogens (tertiary/aromatic N) is 2. The average Bonchev–Trinajstić information content (AvgIpc) is 3.10. The third-order valence-electron chi connectivity index (χ3n) is 5.97. The second kappa shape index (κ2) is 6.25. The van der Waals surface area contributed by atoms with Gasteiger partial charge in [-0.1, -0.05) is 0 Å². The molecule has 3 atom stereocenters. The van der Waals surface area contributed by atoms with E-state index in [1.54, 1.807) is 0 Å². The zero-order valence-electron chi connectivity index (χ0n) is 13.8. The zero-order valence-corrected chi connectivity index (χ0v) is 13.8. The van der Waals surface area contributed by atoms with Crippen LogP contribution in [0.3, 0.4) is 0 Å². The van der Waals surface area contributed by atoms with Gasteiger partial charge in [0.1, 0.15) is 0 Å². The van der Waals surface area contributed by atoms with Gasteiger partial charge in [-0.2, -0.15) is 0 Å². The summed E-state index contributed by atoms with van der Waals surface area (Å²) in [5.74, 6) is 1.48. The van der Waals surface area contributed by atoms with Crippen LogP contribution < -0.4 is 5.32 Å². The Morgan fingerprint density at radius 3 is 2.48 bits per heavy atom. The second-order valence-corrected chi connectivity index (χ2v) is 7.69. The highest BCUT2D eigenvalue weighted by molar-refractivity contribution is 5.80. The van der Waals surface area contributed by atoms with Crippen molar-refractivity contribution in [2.45, 2.75) is 64.1 Å². The predicted octanol–water partition coefficient (Wildman–Crippen LogP) is 1.71. The molecule has 1 N–H and O–H groups in total. The fourth-order valence-corrected chi connectivity index (χ4v) is 4.29. The fourth-order valence-electron chi connectivity index (χ4n) is 4.29. The van der Waals surface area contributed by atoms with Crippen LogP contribution in [-0.4, -0.2) is 60.5 Å². The third kappa shape index (κ3) is 3.26. The van der Waals surface area contributed by atoms with E-state index in [1.807, 2.05) is 0 Å². The lowest BCUT2D eigenvalue weighted by Gasteiger charge is -2.37. The molecule has 0 aromatic carbocycles. The molecule has 3 fully saturated rings. The summed E-state index contributed by atoms with van der Waals surface area (Å²) in [4.78, 5) is 17.3. The molecule has 0 saturated carbocycles. The van der Waals surface area contributed by atoms with E-state index in [-0.39, 0.29) is 5.92 Å². The number of piperidine rings is 1. The Bertz CT molecular complexity index is 376. The number of carbonyl (C=O) groups excluding carboxylic acids is 1. The Kier molecular flexibility index (Phi) is 4.55. The number of amides is 1. The van der Waals surface area contributed by atoms with Crippen molar-refractivity contribution in [3.63, 3.8) is 0 Å². The van der Waals surface area contributed by atoms with Crippen LogP contribution in [0.4, 0.5) is 0 Å². The molecule has 0 aromatic heterocycles. The number of hydrogen-bond donors (Lipinski definition) is 1. The largest absolute Gasteiger partial charge is 0.342 e. The molecule has 0 aromatic rings. The van der Waals surface area contributed by atoms with Crippen LogP contribution in [0.1, 0.15) is 46.0 Å². The normalized spacial score (nSPS) is 33.4. The van der Waals surface area contributed by atoms with E-state index in [1.165, 1.54) is 32.2 Å². The summed E-state index contributed by atoms with van der Waals surface area (Å²) in [5, 5.41) is 3.59. The van der Waals surface area contributed by atoms with Crippen molar-refractivity contribution in [3.8, 4) is 0 Å². The monoisotopic (exact) mass is 293 g/mol. The van der Waals surface area contributed by atoms with Crippen LogP contribution in [0.2, 0.25) is 0 Å². The highest BCUT2D eigenvalue weighted by atomic mass is 16.2. The Labute approximate surface area is 129 Å². The van der Waals surface area contributed by atoms with Crippen molar-refractivity contribution in [1.29, 1.82) is 0 Å². The van der Waals surface area contributed by atoms with E-state index < -0.39 is 0 Å². The van der Waals surface area contributed by atoms with Crippen molar-refractivity contribution in [2.24, 2.45) is 11.8 Å². The van der Waals surface area contributed by atoms with Gasteiger partial charge in [-0.05, 0) is 58.9 Å². The zero-order chi connectivity index (χ0) is 15.0. The van der Waals surface area contributed by atoms with Gasteiger partial charge in [0.15, 0.2) is 0 Å². The van der Waals surface area contributed by atoms with Crippen molar-refractivity contribution < 1.29 is 4.79 Å². The smallest absolute Gasteiger partial charge is 0.227 e. The molecule has 3 aliphatic heterocycles. The van der Waals surface area contributed by atoms with E-state index in [0.717, 1.165) is 25.4 Å². The van der Waals surface area contributed by atoms with E-state index in [9.17, 15) is 4.79 Å². The molecule has 3 rings (SSSR count). The number of nitrogens with one attached hydrogen (secondary N) is 1. The summed E-state index contributed by atoms with van der Waals surface area (Å²) in [5.41, 5.74) is 0. The number of hydrogen-bond acceptors (Lipinski definition) is 3. The summed E-state index contributed by atoms with van der Waals surface area (Å²) in [7, 11) is 2.21. The maximum Gasteiger partial charge on any atom is 0.227 e. The molecular weight excluding hydrogens is 262 g/mol. The van der Waals surface area contributed by atoms with Crippen molar-refractivity contribution in [2.75, 3.05) is 26.7 Å². The standard InChI is InChI=1S/C17H31N3O/c1-12(2)19(3)11-13-6-8-20(9-7-13)17(21)15-10-14-4-5-16(15)18-14/h12-16,18H,4-11H2,1-3H3. The Morgan fingerprint density at radius 1 is 1.24 bits per heavy atom. The fraction of sp³-hybridized carbons (Fsp3) is 0.941. The highest BCUT2D eigenvalue weighted by Crippen LogP contribution is 2.35. The van der Waals surface area contributed by atoms with Gasteiger partial charge < -0.3 is 15.1 Å². The van der Waals surface area contributed by atoms with Crippen molar-refractivity contribution in [3.05, 3.63) is 0 Å². The van der Waals surface area contributed by atoms with Gasteiger partial charge >= 0.3 is 0 Å². The lowest BCUT2D eigenvalue weighted by molar-refractivity contribution is -0.137. The number of carbonyl (C=O) groups is 1. The highest BCUT2D eigenvalue weighted by Gasteiger charge is 2.44. The molecule has 4 heteroatoms. The molecule has 3 saturated heterocycles. The first-order chi connectivity index (χ1) is 10.0. The van der Waals surface area contributed by atoms with Gasteiger partial charge in [0.25, 0.3) is 0 Å². The first-order valence-corrected chi connectivity index (χ1v) is 8.79. The topological polar surface area (TPSA) is 35.6 Å². The molecule has 0 aliphatic carbocycles. The minimum Gasteiger partial charge on any atom is -0.342 e. The lowest BCUT2D eigenvalue weighted by atomic mass is 9.87. The van der Waals surface area contributed by atoms with Crippen LogP contribution in [0.5, 0.6) is 0 Å². The molecule has 3 unspecified atom stereocenters. The minimum absolute atomic E-state index is 0.277. The Hall–Kier alpha value is -0.610. The van der Waals surface area contributed by atoms with Gasteiger partial charge in [0, 0.05) is 37.8 Å². The minimum atomic E-state index is 0.277. The molecule has 3 heterocycles. The Morgan fingerprint density at radius 2 is 1.95 bits per heavy atom. The maximum absolute atomic E-state index is 12.7. The summed E-state index contributed by atoms with van der Waals surface area (Å²) in [6.07, 6.45) is 5.92. The number of rotatable bonds is 4. The predicted molar refractivity (Wildman–Crippen MR) is 85.1 cm³/mol. The molecule has 1 amide bonds. The van der Waals surface area contributed by atoms with Gasteiger partial charge in [0.05, 0.1) is 5.92 Å². The third-order valence-corrected chi connectivity index (χ3v) is 5.97. The Balaban J connectivity index is 1.46. The van der Waals surface area contributed by atoms with Crippen LogP contribution in [0, 0.1) is 11.8 Å².